The van der Waals surface area contributed by atoms with Crippen molar-refractivity contribution in [1.29, 1.82) is 0 Å². The normalized spacial score (nSPS) is 16.2. The number of rotatable bonds is 6. The summed E-state index contributed by atoms with van der Waals surface area (Å²) in [5, 5.41) is 11.1. The van der Waals surface area contributed by atoms with Gasteiger partial charge in [-0.1, -0.05) is 28.9 Å². The largest absolute Gasteiger partial charge is 0.354 e. The first-order valence-electron chi connectivity index (χ1n) is 9.45. The third-order valence-electron chi connectivity index (χ3n) is 4.73. The van der Waals surface area contributed by atoms with Crippen LogP contribution in [0.25, 0.3) is 11.4 Å². The van der Waals surface area contributed by atoms with E-state index in [9.17, 15) is 8.42 Å². The van der Waals surface area contributed by atoms with Crippen molar-refractivity contribution >= 4 is 51.6 Å². The fourth-order valence-corrected chi connectivity index (χ4v) is 4.40. The van der Waals surface area contributed by atoms with Gasteiger partial charge in [0.15, 0.2) is 5.96 Å². The topological polar surface area (TPSA) is 113 Å². The molecule has 2 heterocycles. The first-order valence-corrected chi connectivity index (χ1v) is 11.4. The molecular formula is C18H26ClIN6O3S. The Labute approximate surface area is 198 Å². The monoisotopic (exact) mass is 568 g/mol. The third-order valence-corrected chi connectivity index (χ3v) is 6.85. The van der Waals surface area contributed by atoms with Gasteiger partial charge in [-0.2, -0.15) is 4.98 Å². The van der Waals surface area contributed by atoms with Gasteiger partial charge in [0.05, 0.1) is 12.3 Å². The van der Waals surface area contributed by atoms with Crippen LogP contribution in [0.5, 0.6) is 0 Å². The fourth-order valence-electron chi connectivity index (χ4n) is 3.08. The lowest BCUT2D eigenvalue weighted by Gasteiger charge is -2.32. The van der Waals surface area contributed by atoms with Crippen LogP contribution in [0.4, 0.5) is 0 Å². The predicted molar refractivity (Wildman–Crippen MR) is 128 cm³/mol. The summed E-state index contributed by atoms with van der Waals surface area (Å²) in [5.41, 5.74) is 0.781. The molecule has 0 amide bonds. The molecule has 2 aromatic rings. The highest BCUT2D eigenvalue weighted by Crippen LogP contribution is 2.20. The van der Waals surface area contributed by atoms with Gasteiger partial charge in [-0.05, 0) is 31.9 Å². The molecule has 1 aromatic carbocycles. The molecule has 166 valence electrons. The van der Waals surface area contributed by atoms with Gasteiger partial charge in [-0.15, -0.1) is 24.0 Å². The molecule has 1 saturated heterocycles. The lowest BCUT2D eigenvalue weighted by atomic mass is 10.1. The Morgan fingerprint density at radius 3 is 2.73 bits per heavy atom. The molecule has 0 atom stereocenters. The highest BCUT2D eigenvalue weighted by atomic mass is 127. The molecule has 3 rings (SSSR count). The molecule has 0 aliphatic carbocycles. The van der Waals surface area contributed by atoms with E-state index in [1.165, 1.54) is 0 Å². The molecule has 12 heteroatoms. The summed E-state index contributed by atoms with van der Waals surface area (Å²) in [5.74, 6) is 1.63. The van der Waals surface area contributed by atoms with Crippen molar-refractivity contribution in [3.05, 3.63) is 35.2 Å². The number of aromatic nitrogens is 2. The number of piperidine rings is 1. The van der Waals surface area contributed by atoms with E-state index >= 15 is 0 Å². The van der Waals surface area contributed by atoms with Gasteiger partial charge in [0.2, 0.25) is 21.7 Å². The first kappa shape index (κ1) is 24.8. The standard InChI is InChI=1S/C18H25ClN6O3S.HI/c1-3-29(26,27)25-9-7-15(8-10-25)22-18(20-2)21-12-16-23-17(24-28-16)13-5-4-6-14(19)11-13;/h4-6,11,15H,3,7-10,12H2,1-2H3,(H2,20,21,22);1H. The summed E-state index contributed by atoms with van der Waals surface area (Å²) in [4.78, 5) is 8.58. The molecule has 0 spiro atoms. The minimum atomic E-state index is -3.12. The van der Waals surface area contributed by atoms with Crippen molar-refractivity contribution in [2.45, 2.75) is 32.4 Å². The van der Waals surface area contributed by atoms with E-state index in [-0.39, 0.29) is 35.8 Å². The van der Waals surface area contributed by atoms with Gasteiger partial charge in [-0.3, -0.25) is 4.99 Å². The van der Waals surface area contributed by atoms with E-state index in [2.05, 4.69) is 25.8 Å². The van der Waals surface area contributed by atoms with Gasteiger partial charge in [0.1, 0.15) is 0 Å². The quantitative estimate of drug-likeness (QED) is 0.313. The fraction of sp³-hybridized carbons (Fsp3) is 0.500. The van der Waals surface area contributed by atoms with E-state index in [1.54, 1.807) is 30.4 Å². The lowest BCUT2D eigenvalue weighted by molar-refractivity contribution is 0.306. The number of sulfonamides is 1. The van der Waals surface area contributed by atoms with Crippen LogP contribution < -0.4 is 10.6 Å². The summed E-state index contributed by atoms with van der Waals surface area (Å²) < 4.78 is 30.8. The first-order chi connectivity index (χ1) is 13.9. The van der Waals surface area contributed by atoms with Crippen LogP contribution in [0.3, 0.4) is 0 Å². The molecule has 9 nitrogen and oxygen atoms in total. The number of guanidine groups is 1. The Morgan fingerprint density at radius 1 is 1.37 bits per heavy atom. The van der Waals surface area contributed by atoms with Crippen molar-refractivity contribution in [2.75, 3.05) is 25.9 Å². The van der Waals surface area contributed by atoms with E-state index in [1.807, 2.05) is 12.1 Å². The average molecular weight is 569 g/mol. The zero-order valence-electron chi connectivity index (χ0n) is 16.8. The highest BCUT2D eigenvalue weighted by Gasteiger charge is 2.27. The lowest BCUT2D eigenvalue weighted by Crippen LogP contribution is -2.49. The molecular weight excluding hydrogens is 543 g/mol. The van der Waals surface area contributed by atoms with E-state index in [0.29, 0.717) is 42.3 Å². The van der Waals surface area contributed by atoms with Crippen LogP contribution in [0.15, 0.2) is 33.8 Å². The molecule has 0 unspecified atom stereocenters. The van der Waals surface area contributed by atoms with Crippen molar-refractivity contribution < 1.29 is 12.9 Å². The SMILES string of the molecule is CCS(=O)(=O)N1CCC(NC(=NC)NCc2nc(-c3cccc(Cl)c3)no2)CC1.I. The molecule has 1 aliphatic heterocycles. The number of hydrogen-bond donors (Lipinski definition) is 2. The van der Waals surface area contributed by atoms with Crippen LogP contribution in [0.1, 0.15) is 25.7 Å². The van der Waals surface area contributed by atoms with Crippen molar-refractivity contribution in [2.24, 2.45) is 4.99 Å². The second-order valence-corrected chi connectivity index (χ2v) is 9.36. The molecule has 0 bridgehead atoms. The Bertz CT molecular complexity index is 960. The average Bonchev–Trinajstić information content (AvgIpc) is 3.20. The molecule has 1 aromatic heterocycles. The summed E-state index contributed by atoms with van der Waals surface area (Å²) in [6.07, 6.45) is 1.44. The van der Waals surface area contributed by atoms with Crippen LogP contribution in [-0.4, -0.2) is 60.8 Å². The number of halogens is 2. The minimum absolute atomic E-state index is 0. The third kappa shape index (κ3) is 6.53. The van der Waals surface area contributed by atoms with Crippen LogP contribution in [-0.2, 0) is 16.6 Å². The summed E-state index contributed by atoms with van der Waals surface area (Å²) in [6.45, 7) is 3.01. The van der Waals surface area contributed by atoms with Gasteiger partial charge >= 0.3 is 0 Å². The van der Waals surface area contributed by atoms with E-state index < -0.39 is 10.0 Å². The van der Waals surface area contributed by atoms with Crippen molar-refractivity contribution in [3.63, 3.8) is 0 Å². The van der Waals surface area contributed by atoms with Gasteiger partial charge in [-0.25, -0.2) is 12.7 Å². The van der Waals surface area contributed by atoms with Gasteiger partial charge in [0.25, 0.3) is 0 Å². The van der Waals surface area contributed by atoms with E-state index in [4.69, 9.17) is 16.1 Å². The van der Waals surface area contributed by atoms with Crippen LogP contribution >= 0.6 is 35.6 Å². The summed E-state index contributed by atoms with van der Waals surface area (Å²) >= 11 is 6.00. The molecule has 0 saturated carbocycles. The Hall–Kier alpha value is -1.44. The Balaban J connectivity index is 0.00000320. The van der Waals surface area contributed by atoms with Crippen molar-refractivity contribution in [1.82, 2.24) is 25.1 Å². The maximum Gasteiger partial charge on any atom is 0.246 e. The summed E-state index contributed by atoms with van der Waals surface area (Å²) in [7, 11) is -1.45. The van der Waals surface area contributed by atoms with Crippen molar-refractivity contribution in [3.8, 4) is 11.4 Å². The number of nitrogens with zero attached hydrogens (tertiary/aromatic N) is 4. The van der Waals surface area contributed by atoms with Gasteiger partial charge < -0.3 is 15.2 Å². The number of aliphatic imine (C=N–C) groups is 1. The zero-order chi connectivity index (χ0) is 20.9. The smallest absolute Gasteiger partial charge is 0.246 e. The molecule has 1 aliphatic rings. The van der Waals surface area contributed by atoms with Gasteiger partial charge in [0, 0.05) is 36.8 Å². The Kier molecular flexibility index (Phi) is 9.31. The minimum Gasteiger partial charge on any atom is -0.354 e. The maximum absolute atomic E-state index is 12.0. The zero-order valence-corrected chi connectivity index (χ0v) is 20.7. The number of nitrogens with one attached hydrogen (secondary N) is 2. The van der Waals surface area contributed by atoms with Crippen LogP contribution in [0.2, 0.25) is 5.02 Å². The molecule has 0 radical (unpaired) electrons. The number of benzene rings is 1. The second kappa shape index (κ2) is 11.3. The maximum atomic E-state index is 12.0. The summed E-state index contributed by atoms with van der Waals surface area (Å²) in [6, 6.07) is 7.39. The molecule has 2 N–H and O–H groups in total. The Morgan fingerprint density at radius 2 is 2.10 bits per heavy atom. The second-order valence-electron chi connectivity index (χ2n) is 6.67. The molecule has 1 fully saturated rings. The van der Waals surface area contributed by atoms with E-state index in [0.717, 1.165) is 18.4 Å². The number of hydrogen-bond acceptors (Lipinski definition) is 6. The predicted octanol–water partition coefficient (Wildman–Crippen LogP) is 2.49. The molecule has 30 heavy (non-hydrogen) atoms. The van der Waals surface area contributed by atoms with Crippen LogP contribution in [0, 0.1) is 0 Å². The highest BCUT2D eigenvalue weighted by molar-refractivity contribution is 14.0.